The predicted molar refractivity (Wildman–Crippen MR) is 60.2 cm³/mol. The Morgan fingerprint density at radius 3 is 1.82 bits per heavy atom. The Morgan fingerprint density at radius 2 is 1.47 bits per heavy atom. The highest BCUT2D eigenvalue weighted by Gasteiger charge is 2.11. The van der Waals surface area contributed by atoms with Crippen molar-refractivity contribution < 1.29 is 24.2 Å². The molecule has 1 aromatic rings. The number of hydrogen-bond donors (Lipinski definition) is 3. The van der Waals surface area contributed by atoms with Gasteiger partial charge in [0, 0.05) is 0 Å². The van der Waals surface area contributed by atoms with Crippen molar-refractivity contribution in [1.82, 2.24) is 0 Å². The molecule has 0 aliphatic rings. The minimum Gasteiger partial charge on any atom is -0.504 e. The van der Waals surface area contributed by atoms with E-state index in [0.717, 1.165) is 0 Å². The molecule has 0 radical (unpaired) electrons. The number of phenols is 1. The zero-order valence-electron chi connectivity index (χ0n) is 9.31. The lowest BCUT2D eigenvalue weighted by molar-refractivity contribution is 0.186. The number of phenolic OH excluding ortho intramolecular Hbond substituents is 1. The van der Waals surface area contributed by atoms with Crippen molar-refractivity contribution in [1.29, 1.82) is 0 Å². The fourth-order valence-corrected chi connectivity index (χ4v) is 1.07. The van der Waals surface area contributed by atoms with E-state index in [-0.39, 0.29) is 17.1 Å². The summed E-state index contributed by atoms with van der Waals surface area (Å²) in [4.78, 5) is 21.9. The van der Waals surface area contributed by atoms with Crippen LogP contribution < -0.4 is 10.6 Å². The highest BCUT2D eigenvalue weighted by molar-refractivity contribution is 5.92. The summed E-state index contributed by atoms with van der Waals surface area (Å²) in [6, 6.07) is 4.44. The van der Waals surface area contributed by atoms with E-state index < -0.39 is 12.2 Å². The topological polar surface area (TPSA) is 96.9 Å². The summed E-state index contributed by atoms with van der Waals surface area (Å²) in [6.45, 7) is 0. The van der Waals surface area contributed by atoms with Crippen LogP contribution in [-0.4, -0.2) is 31.5 Å². The summed E-state index contributed by atoms with van der Waals surface area (Å²) in [5, 5.41) is 14.3. The predicted octanol–water partition coefficient (Wildman–Crippen LogP) is 1.75. The molecule has 0 spiro atoms. The second-order valence-corrected chi connectivity index (χ2v) is 2.93. The molecule has 0 fully saturated rings. The van der Waals surface area contributed by atoms with Crippen LogP contribution in [0, 0.1) is 0 Å². The molecule has 2 amide bonds. The van der Waals surface area contributed by atoms with Gasteiger partial charge in [-0.2, -0.15) is 0 Å². The number of anilines is 2. The average Bonchev–Trinajstić information content (AvgIpc) is 2.33. The van der Waals surface area contributed by atoms with Gasteiger partial charge < -0.3 is 14.6 Å². The summed E-state index contributed by atoms with van der Waals surface area (Å²) in [5.41, 5.74) is 0.233. The fourth-order valence-electron chi connectivity index (χ4n) is 1.07. The number of nitrogens with one attached hydrogen (secondary N) is 2. The summed E-state index contributed by atoms with van der Waals surface area (Å²) in [7, 11) is 2.39. The number of para-hydroxylation sites is 1. The van der Waals surface area contributed by atoms with Gasteiger partial charge in [0.25, 0.3) is 0 Å². The average molecular weight is 240 g/mol. The van der Waals surface area contributed by atoms with Crippen molar-refractivity contribution >= 4 is 23.6 Å². The monoisotopic (exact) mass is 240 g/mol. The Morgan fingerprint density at radius 1 is 1.06 bits per heavy atom. The van der Waals surface area contributed by atoms with E-state index in [1.807, 2.05) is 0 Å². The van der Waals surface area contributed by atoms with Gasteiger partial charge in [-0.15, -0.1) is 0 Å². The highest BCUT2D eigenvalue weighted by atomic mass is 16.5. The molecule has 0 unspecified atom stereocenters. The van der Waals surface area contributed by atoms with Crippen LogP contribution in [-0.2, 0) is 9.47 Å². The smallest absolute Gasteiger partial charge is 0.411 e. The first-order valence-electron chi connectivity index (χ1n) is 4.60. The molecule has 92 valence electrons. The number of hydrogen-bond acceptors (Lipinski definition) is 5. The molecule has 1 rings (SSSR count). The Kier molecular flexibility index (Phi) is 4.15. The Bertz CT molecular complexity index is 396. The number of rotatable bonds is 2. The van der Waals surface area contributed by atoms with E-state index in [1.165, 1.54) is 32.4 Å². The second kappa shape index (κ2) is 5.59. The fraction of sp³-hybridized carbons (Fsp3) is 0.200. The summed E-state index contributed by atoms with van der Waals surface area (Å²) >= 11 is 0. The van der Waals surface area contributed by atoms with E-state index in [4.69, 9.17) is 0 Å². The van der Waals surface area contributed by atoms with Crippen LogP contribution >= 0.6 is 0 Å². The van der Waals surface area contributed by atoms with Crippen LogP contribution in [0.4, 0.5) is 21.0 Å². The Hall–Kier alpha value is -2.44. The van der Waals surface area contributed by atoms with Gasteiger partial charge in [0.1, 0.15) is 0 Å². The quantitative estimate of drug-likeness (QED) is 0.684. The molecule has 17 heavy (non-hydrogen) atoms. The maximum atomic E-state index is 11.0. The van der Waals surface area contributed by atoms with Crippen LogP contribution in [0.1, 0.15) is 0 Å². The lowest BCUT2D eigenvalue weighted by Crippen LogP contribution is -2.13. The van der Waals surface area contributed by atoms with Crippen LogP contribution in [0.3, 0.4) is 0 Å². The van der Waals surface area contributed by atoms with E-state index in [9.17, 15) is 14.7 Å². The number of carbonyl (C=O) groups excluding carboxylic acids is 2. The van der Waals surface area contributed by atoms with Gasteiger partial charge in [0.2, 0.25) is 0 Å². The zero-order chi connectivity index (χ0) is 12.8. The molecule has 7 nitrogen and oxygen atoms in total. The summed E-state index contributed by atoms with van der Waals surface area (Å²) in [5.74, 6) is -0.289. The molecule has 0 aromatic heterocycles. The number of aromatic hydroxyl groups is 1. The zero-order valence-corrected chi connectivity index (χ0v) is 9.31. The van der Waals surface area contributed by atoms with E-state index in [0.29, 0.717) is 0 Å². The highest BCUT2D eigenvalue weighted by Crippen LogP contribution is 2.31. The van der Waals surface area contributed by atoms with Gasteiger partial charge in [0.15, 0.2) is 5.75 Å². The number of benzene rings is 1. The second-order valence-electron chi connectivity index (χ2n) is 2.93. The van der Waals surface area contributed by atoms with Gasteiger partial charge in [-0.05, 0) is 12.1 Å². The lowest BCUT2D eigenvalue weighted by atomic mass is 10.2. The normalized spacial score (nSPS) is 9.29. The van der Waals surface area contributed by atoms with Gasteiger partial charge in [-0.1, -0.05) is 6.07 Å². The molecular weight excluding hydrogens is 228 g/mol. The largest absolute Gasteiger partial charge is 0.504 e. The molecule has 1 aromatic carbocycles. The van der Waals surface area contributed by atoms with Crippen LogP contribution in [0.2, 0.25) is 0 Å². The number of carbonyl (C=O) groups is 2. The van der Waals surface area contributed by atoms with E-state index >= 15 is 0 Å². The number of amides is 2. The third kappa shape index (κ3) is 3.26. The summed E-state index contributed by atoms with van der Waals surface area (Å²) < 4.78 is 8.76. The molecule has 0 atom stereocenters. The first-order chi connectivity index (χ1) is 8.08. The molecule has 0 bridgehead atoms. The van der Waals surface area contributed by atoms with Gasteiger partial charge in [-0.3, -0.25) is 10.6 Å². The van der Waals surface area contributed by atoms with Crippen LogP contribution in [0.25, 0.3) is 0 Å². The first-order valence-corrected chi connectivity index (χ1v) is 4.60. The summed E-state index contributed by atoms with van der Waals surface area (Å²) in [6.07, 6.45) is -1.45. The van der Waals surface area contributed by atoms with Gasteiger partial charge in [0.05, 0.1) is 25.6 Å². The van der Waals surface area contributed by atoms with Crippen molar-refractivity contribution in [2.45, 2.75) is 0 Å². The Labute approximate surface area is 97.3 Å². The molecule has 0 heterocycles. The van der Waals surface area contributed by atoms with E-state index in [1.54, 1.807) is 0 Å². The molecule has 0 aliphatic carbocycles. The molecule has 7 heteroatoms. The first kappa shape index (κ1) is 12.6. The van der Waals surface area contributed by atoms with Crippen molar-refractivity contribution in [3.63, 3.8) is 0 Å². The van der Waals surface area contributed by atoms with E-state index in [2.05, 4.69) is 20.1 Å². The van der Waals surface area contributed by atoms with Crippen molar-refractivity contribution in [2.24, 2.45) is 0 Å². The maximum absolute atomic E-state index is 11.0. The van der Waals surface area contributed by atoms with Crippen molar-refractivity contribution in [3.05, 3.63) is 18.2 Å². The number of methoxy groups -OCH3 is 2. The van der Waals surface area contributed by atoms with Crippen molar-refractivity contribution in [2.75, 3.05) is 24.9 Å². The van der Waals surface area contributed by atoms with Crippen molar-refractivity contribution in [3.8, 4) is 5.75 Å². The Balaban J connectivity index is 2.91. The molecule has 0 aliphatic heterocycles. The third-order valence-corrected chi connectivity index (χ3v) is 1.88. The lowest BCUT2D eigenvalue weighted by Gasteiger charge is -2.10. The molecule has 3 N–H and O–H groups in total. The van der Waals surface area contributed by atoms with Gasteiger partial charge in [-0.25, -0.2) is 9.59 Å². The standard InChI is InChI=1S/C10H12N2O5/c1-16-9(14)11-6-4-3-5-7(8(6)13)12-10(15)17-2/h3-5,13H,1-2H3,(H,11,14)(H,12,15). The third-order valence-electron chi connectivity index (χ3n) is 1.88. The minimum atomic E-state index is -0.726. The SMILES string of the molecule is COC(=O)Nc1cccc(NC(=O)OC)c1O. The minimum absolute atomic E-state index is 0.116. The molecule has 0 saturated heterocycles. The van der Waals surface area contributed by atoms with Gasteiger partial charge >= 0.3 is 12.2 Å². The maximum Gasteiger partial charge on any atom is 0.411 e. The van der Waals surface area contributed by atoms with Crippen LogP contribution in [0.5, 0.6) is 5.75 Å². The number of ether oxygens (including phenoxy) is 2. The molecular formula is C10H12N2O5. The molecule has 0 saturated carbocycles. The van der Waals surface area contributed by atoms with Crippen LogP contribution in [0.15, 0.2) is 18.2 Å².